The largest absolute Gasteiger partial charge is 0.504 e. The van der Waals surface area contributed by atoms with E-state index in [1.165, 1.54) is 0 Å². The fourth-order valence-electron chi connectivity index (χ4n) is 7.53. The van der Waals surface area contributed by atoms with Crippen LogP contribution in [0, 0.1) is 29.1 Å². The summed E-state index contributed by atoms with van der Waals surface area (Å²) in [6.45, 7) is 1.61. The Kier molecular flexibility index (Phi) is 4.66. The lowest BCUT2D eigenvalue weighted by Gasteiger charge is -2.57. The minimum absolute atomic E-state index is 0.0156. The van der Waals surface area contributed by atoms with Gasteiger partial charge in [0.25, 0.3) is 0 Å². The van der Waals surface area contributed by atoms with Crippen molar-refractivity contribution in [1.82, 2.24) is 0 Å². The van der Waals surface area contributed by atoms with Crippen molar-refractivity contribution in [3.05, 3.63) is 11.3 Å². The zero-order valence-electron chi connectivity index (χ0n) is 16.4. The van der Waals surface area contributed by atoms with Gasteiger partial charge in [-0.15, -0.1) is 0 Å². The molecule has 0 radical (unpaired) electrons. The molecule has 6 atom stereocenters. The van der Waals surface area contributed by atoms with Gasteiger partial charge in [-0.25, -0.2) is 0 Å². The number of allylic oxidation sites excluding steroid dienone is 1. The molecular weight excluding hydrogens is 395 g/mol. The summed E-state index contributed by atoms with van der Waals surface area (Å²) in [5.41, 5.74) is -3.83. The number of hydrogen-bond acceptors (Lipinski definition) is 3. The lowest BCUT2D eigenvalue weighted by Crippen LogP contribution is -2.66. The quantitative estimate of drug-likeness (QED) is 0.591. The summed E-state index contributed by atoms with van der Waals surface area (Å²) in [5.74, 6) is -6.04. The van der Waals surface area contributed by atoms with Gasteiger partial charge in [0.05, 0.1) is 0 Å². The van der Waals surface area contributed by atoms with Gasteiger partial charge in [-0.1, -0.05) is 6.92 Å². The van der Waals surface area contributed by atoms with Crippen LogP contribution in [0.15, 0.2) is 11.3 Å². The Hall–Kier alpha value is -1.18. The molecule has 0 bridgehead atoms. The molecule has 8 heteroatoms. The van der Waals surface area contributed by atoms with E-state index in [1.54, 1.807) is 6.92 Å². The monoisotopic (exact) mass is 422 g/mol. The first-order valence-electron chi connectivity index (χ1n) is 10.5. The van der Waals surface area contributed by atoms with Crippen LogP contribution in [0.5, 0.6) is 0 Å². The van der Waals surface area contributed by atoms with E-state index in [0.717, 1.165) is 5.57 Å². The van der Waals surface area contributed by atoms with Gasteiger partial charge in [0.15, 0.2) is 11.5 Å². The van der Waals surface area contributed by atoms with Gasteiger partial charge in [-0.05, 0) is 80.6 Å². The number of halogens is 5. The average molecular weight is 422 g/mol. The first kappa shape index (κ1) is 21.1. The SMILES string of the molecule is CCC12CC[C@H]3[C@@H](CCC4=C(O)C(=O)CC[C@@H]43)[C@@H]1CC[C@@]2(O)C(F)(F)C(F)(F)F. The van der Waals surface area contributed by atoms with Gasteiger partial charge in [0.1, 0.15) is 5.60 Å². The third-order valence-corrected chi connectivity index (χ3v) is 8.81. The first-order chi connectivity index (χ1) is 13.4. The van der Waals surface area contributed by atoms with Crippen molar-refractivity contribution < 1.29 is 37.0 Å². The van der Waals surface area contributed by atoms with E-state index >= 15 is 0 Å². The van der Waals surface area contributed by atoms with Crippen LogP contribution < -0.4 is 0 Å². The van der Waals surface area contributed by atoms with E-state index in [-0.39, 0.29) is 55.0 Å². The highest BCUT2D eigenvalue weighted by Crippen LogP contribution is 2.70. The van der Waals surface area contributed by atoms with Crippen LogP contribution in [0.25, 0.3) is 0 Å². The molecular formula is C21H27F5O3. The number of fused-ring (bicyclic) bond motifs is 5. The number of alkyl halides is 5. The molecule has 0 aromatic heterocycles. The highest BCUT2D eigenvalue weighted by Gasteiger charge is 2.79. The van der Waals surface area contributed by atoms with Crippen molar-refractivity contribution in [3.8, 4) is 0 Å². The van der Waals surface area contributed by atoms with Crippen molar-refractivity contribution in [1.29, 1.82) is 0 Å². The summed E-state index contributed by atoms with van der Waals surface area (Å²) in [5, 5.41) is 21.1. The lowest BCUT2D eigenvalue weighted by atomic mass is 9.48. The number of rotatable bonds is 2. The first-order valence-corrected chi connectivity index (χ1v) is 10.5. The maximum Gasteiger partial charge on any atom is 0.456 e. The molecule has 164 valence electrons. The molecule has 3 nitrogen and oxygen atoms in total. The van der Waals surface area contributed by atoms with Crippen LogP contribution in [0.2, 0.25) is 0 Å². The van der Waals surface area contributed by atoms with Crippen LogP contribution in [0.4, 0.5) is 22.0 Å². The molecule has 1 unspecified atom stereocenters. The minimum atomic E-state index is -5.80. The number of Topliss-reactive ketones (excluding diaryl/α,β-unsaturated/α-hetero) is 1. The Labute approximate surface area is 166 Å². The van der Waals surface area contributed by atoms with Crippen molar-refractivity contribution in [2.24, 2.45) is 29.1 Å². The predicted octanol–water partition coefficient (Wildman–Crippen LogP) is 5.33. The zero-order valence-corrected chi connectivity index (χ0v) is 16.4. The van der Waals surface area contributed by atoms with E-state index < -0.39 is 35.5 Å². The summed E-state index contributed by atoms with van der Waals surface area (Å²) in [6, 6.07) is 0. The van der Waals surface area contributed by atoms with Gasteiger partial charge in [0, 0.05) is 11.8 Å². The fourth-order valence-corrected chi connectivity index (χ4v) is 7.53. The Morgan fingerprint density at radius 3 is 2.31 bits per heavy atom. The molecule has 0 aromatic carbocycles. The molecule has 4 aliphatic carbocycles. The third kappa shape index (κ3) is 2.53. The average Bonchev–Trinajstić information content (AvgIpc) is 2.98. The fraction of sp³-hybridized carbons (Fsp3) is 0.857. The van der Waals surface area contributed by atoms with E-state index in [4.69, 9.17) is 0 Å². The normalized spacial score (nSPS) is 43.1. The van der Waals surface area contributed by atoms with Crippen molar-refractivity contribution in [2.45, 2.75) is 82.4 Å². The number of ketones is 1. The van der Waals surface area contributed by atoms with Crippen LogP contribution in [0.3, 0.4) is 0 Å². The minimum Gasteiger partial charge on any atom is -0.504 e. The van der Waals surface area contributed by atoms with Crippen LogP contribution in [-0.2, 0) is 4.79 Å². The van der Waals surface area contributed by atoms with Gasteiger partial charge in [-0.3, -0.25) is 4.79 Å². The number of aliphatic hydroxyl groups excluding tert-OH is 1. The lowest BCUT2D eigenvalue weighted by molar-refractivity contribution is -0.365. The Morgan fingerprint density at radius 1 is 1.00 bits per heavy atom. The number of carbonyl (C=O) groups is 1. The van der Waals surface area contributed by atoms with Crippen molar-refractivity contribution in [3.63, 3.8) is 0 Å². The molecule has 29 heavy (non-hydrogen) atoms. The highest BCUT2D eigenvalue weighted by molar-refractivity contribution is 5.94. The van der Waals surface area contributed by atoms with Crippen LogP contribution in [0.1, 0.15) is 64.7 Å². The smallest absolute Gasteiger partial charge is 0.456 e. The molecule has 0 aliphatic heterocycles. The van der Waals surface area contributed by atoms with Gasteiger partial charge >= 0.3 is 12.1 Å². The molecule has 3 fully saturated rings. The van der Waals surface area contributed by atoms with Gasteiger partial charge in [-0.2, -0.15) is 22.0 Å². The second-order valence-corrected chi connectivity index (χ2v) is 9.43. The van der Waals surface area contributed by atoms with Gasteiger partial charge < -0.3 is 10.2 Å². The molecule has 4 aliphatic rings. The van der Waals surface area contributed by atoms with Gasteiger partial charge in [0.2, 0.25) is 0 Å². The Bertz CT molecular complexity index is 745. The summed E-state index contributed by atoms with van der Waals surface area (Å²) < 4.78 is 68.9. The molecule has 0 saturated heterocycles. The third-order valence-electron chi connectivity index (χ3n) is 8.81. The van der Waals surface area contributed by atoms with E-state index in [2.05, 4.69) is 0 Å². The number of hydrogen-bond donors (Lipinski definition) is 2. The molecule has 0 aromatic rings. The van der Waals surface area contributed by atoms with Crippen LogP contribution in [-0.4, -0.2) is 33.7 Å². The van der Waals surface area contributed by atoms with Crippen molar-refractivity contribution >= 4 is 5.78 Å². The topological polar surface area (TPSA) is 57.5 Å². The summed E-state index contributed by atoms with van der Waals surface area (Å²) in [7, 11) is 0. The highest BCUT2D eigenvalue weighted by atomic mass is 19.4. The molecule has 3 saturated carbocycles. The number of carbonyl (C=O) groups excluding carboxylic acids is 1. The summed E-state index contributed by atoms with van der Waals surface area (Å²) in [4.78, 5) is 11.8. The van der Waals surface area contributed by atoms with E-state index in [1.807, 2.05) is 0 Å². The second kappa shape index (κ2) is 6.41. The van der Waals surface area contributed by atoms with E-state index in [0.29, 0.717) is 25.7 Å². The predicted molar refractivity (Wildman–Crippen MR) is 94.2 cm³/mol. The molecule has 4 rings (SSSR count). The van der Waals surface area contributed by atoms with Crippen LogP contribution >= 0.6 is 0 Å². The Morgan fingerprint density at radius 2 is 1.69 bits per heavy atom. The molecule has 0 amide bonds. The Balaban J connectivity index is 1.71. The molecule has 0 spiro atoms. The summed E-state index contributed by atoms with van der Waals surface area (Å²) >= 11 is 0. The maximum absolute atomic E-state index is 14.6. The van der Waals surface area contributed by atoms with Crippen molar-refractivity contribution in [2.75, 3.05) is 0 Å². The zero-order chi connectivity index (χ0) is 21.4. The standard InChI is InChI=1S/C21H27F5O3/c1-2-18-9-7-12-11-5-6-16(27)17(28)14(11)4-3-13(12)15(18)8-10-19(18,29)20(22,23)21(24,25)26/h11-13,15,28-29H,2-10H2,1H3/t11-,12-,13-,15+,18?,19+/m1/s1. The second-order valence-electron chi connectivity index (χ2n) is 9.43. The molecule has 2 N–H and O–H groups in total. The number of aliphatic hydroxyl groups is 2. The maximum atomic E-state index is 14.6. The van der Waals surface area contributed by atoms with E-state index in [9.17, 15) is 37.0 Å². The summed E-state index contributed by atoms with van der Waals surface area (Å²) in [6.07, 6.45) is -3.75. The molecule has 0 heterocycles.